The normalized spacial score (nSPS) is 11.1. The third-order valence-electron chi connectivity index (χ3n) is 3.14. The van der Waals surface area contributed by atoms with Gasteiger partial charge in [0, 0.05) is 17.6 Å². The minimum absolute atomic E-state index is 0.695. The molecule has 0 amide bonds. The van der Waals surface area contributed by atoms with Crippen LogP contribution in [-0.4, -0.2) is 14.6 Å². The lowest BCUT2D eigenvalue weighted by molar-refractivity contribution is 0.935. The Kier molecular flexibility index (Phi) is 2.87. The van der Waals surface area contributed by atoms with E-state index in [1.807, 2.05) is 47.9 Å². The number of pyridine rings is 1. The molecule has 0 saturated carbocycles. The van der Waals surface area contributed by atoms with Crippen molar-refractivity contribution in [2.45, 2.75) is 13.3 Å². The molecule has 2 N–H and O–H groups in total. The fraction of sp³-hybridized carbons (Fsp3) is 0.143. The molecular formula is C14H13ClN4. The van der Waals surface area contributed by atoms with Gasteiger partial charge in [-0.15, -0.1) is 10.2 Å². The maximum atomic E-state index is 5.93. The number of nitrogens with two attached hydrogens (primary N) is 1. The molecule has 4 nitrogen and oxygen atoms in total. The van der Waals surface area contributed by atoms with Crippen LogP contribution in [0.3, 0.4) is 0 Å². The van der Waals surface area contributed by atoms with Gasteiger partial charge in [-0.2, -0.15) is 0 Å². The van der Waals surface area contributed by atoms with E-state index in [4.69, 9.17) is 17.3 Å². The number of hydrogen-bond acceptors (Lipinski definition) is 3. The van der Waals surface area contributed by atoms with Crippen molar-refractivity contribution in [3.8, 4) is 0 Å². The largest absolute Gasteiger partial charge is 0.397 e. The molecule has 5 heteroatoms. The molecule has 0 aliphatic carbocycles. The van der Waals surface area contributed by atoms with Gasteiger partial charge in [0.25, 0.3) is 0 Å². The minimum atomic E-state index is 0.695. The summed E-state index contributed by atoms with van der Waals surface area (Å²) in [5.41, 5.74) is 9.64. The van der Waals surface area contributed by atoms with E-state index < -0.39 is 0 Å². The van der Waals surface area contributed by atoms with Crippen LogP contribution in [0, 0.1) is 6.92 Å². The van der Waals surface area contributed by atoms with E-state index in [0.29, 0.717) is 6.42 Å². The van der Waals surface area contributed by atoms with Crippen molar-refractivity contribution >= 4 is 22.9 Å². The van der Waals surface area contributed by atoms with E-state index in [9.17, 15) is 0 Å². The van der Waals surface area contributed by atoms with Crippen molar-refractivity contribution in [2.75, 3.05) is 5.73 Å². The summed E-state index contributed by atoms with van der Waals surface area (Å²) in [4.78, 5) is 0. The van der Waals surface area contributed by atoms with E-state index in [0.717, 1.165) is 33.3 Å². The Morgan fingerprint density at radius 3 is 2.68 bits per heavy atom. The molecule has 2 heterocycles. The zero-order chi connectivity index (χ0) is 13.4. The van der Waals surface area contributed by atoms with Gasteiger partial charge in [-0.05, 0) is 36.2 Å². The van der Waals surface area contributed by atoms with Gasteiger partial charge in [-0.1, -0.05) is 23.7 Å². The SMILES string of the molecule is Cc1cc2nnc(Cc3ccc(Cl)cc3)n2cc1N. The molecule has 0 bridgehead atoms. The van der Waals surface area contributed by atoms with Gasteiger partial charge in [0.1, 0.15) is 5.82 Å². The van der Waals surface area contributed by atoms with E-state index in [1.54, 1.807) is 0 Å². The van der Waals surface area contributed by atoms with Crippen molar-refractivity contribution in [2.24, 2.45) is 0 Å². The van der Waals surface area contributed by atoms with E-state index in [2.05, 4.69) is 10.2 Å². The molecule has 0 radical (unpaired) electrons. The Morgan fingerprint density at radius 2 is 1.95 bits per heavy atom. The topological polar surface area (TPSA) is 56.2 Å². The Labute approximate surface area is 115 Å². The molecular weight excluding hydrogens is 260 g/mol. The fourth-order valence-electron chi connectivity index (χ4n) is 2.00. The second-order valence-corrected chi connectivity index (χ2v) is 5.00. The van der Waals surface area contributed by atoms with Gasteiger partial charge >= 0.3 is 0 Å². The zero-order valence-corrected chi connectivity index (χ0v) is 11.2. The molecule has 2 aromatic heterocycles. The van der Waals surface area contributed by atoms with E-state index >= 15 is 0 Å². The zero-order valence-electron chi connectivity index (χ0n) is 10.5. The second-order valence-electron chi connectivity index (χ2n) is 4.56. The first-order chi connectivity index (χ1) is 9.13. The quantitative estimate of drug-likeness (QED) is 0.780. The highest BCUT2D eigenvalue weighted by Gasteiger charge is 2.08. The fourth-order valence-corrected chi connectivity index (χ4v) is 2.13. The van der Waals surface area contributed by atoms with E-state index in [1.165, 1.54) is 0 Å². The molecule has 0 atom stereocenters. The molecule has 0 spiro atoms. The monoisotopic (exact) mass is 272 g/mol. The molecule has 0 fully saturated rings. The van der Waals surface area contributed by atoms with Crippen LogP contribution in [0.2, 0.25) is 5.02 Å². The van der Waals surface area contributed by atoms with Crippen molar-refractivity contribution in [3.63, 3.8) is 0 Å². The lowest BCUT2D eigenvalue weighted by Gasteiger charge is -2.04. The number of anilines is 1. The number of halogens is 1. The van der Waals surface area contributed by atoms with Gasteiger partial charge in [0.05, 0.1) is 5.69 Å². The maximum absolute atomic E-state index is 5.93. The first kappa shape index (κ1) is 12.0. The number of fused-ring (bicyclic) bond motifs is 1. The Hall–Kier alpha value is -2.07. The standard InChI is InChI=1S/C14H13ClN4/c1-9-6-13-17-18-14(19(13)8-12(9)16)7-10-2-4-11(15)5-3-10/h2-6,8H,7,16H2,1H3. The number of nitrogens with zero attached hydrogens (tertiary/aromatic N) is 3. The Morgan fingerprint density at radius 1 is 1.21 bits per heavy atom. The van der Waals surface area contributed by atoms with Crippen LogP contribution in [-0.2, 0) is 6.42 Å². The summed E-state index contributed by atoms with van der Waals surface area (Å²) in [5, 5.41) is 9.12. The molecule has 3 aromatic rings. The molecule has 0 unspecified atom stereocenters. The van der Waals surface area contributed by atoms with Gasteiger partial charge in [0.15, 0.2) is 5.65 Å². The summed E-state index contributed by atoms with van der Waals surface area (Å²) >= 11 is 5.88. The van der Waals surface area contributed by atoms with Crippen LogP contribution >= 0.6 is 11.6 Å². The number of aryl methyl sites for hydroxylation is 1. The van der Waals surface area contributed by atoms with Crippen LogP contribution in [0.25, 0.3) is 5.65 Å². The highest BCUT2D eigenvalue weighted by Crippen LogP contribution is 2.17. The van der Waals surface area contributed by atoms with Gasteiger partial charge in [-0.3, -0.25) is 4.40 Å². The summed E-state index contributed by atoms with van der Waals surface area (Å²) in [7, 11) is 0. The smallest absolute Gasteiger partial charge is 0.161 e. The number of nitrogen functional groups attached to an aromatic ring is 1. The Bertz CT molecular complexity index is 731. The molecule has 19 heavy (non-hydrogen) atoms. The average molecular weight is 273 g/mol. The second kappa shape index (κ2) is 4.55. The number of rotatable bonds is 2. The summed E-state index contributed by atoms with van der Waals surface area (Å²) in [6.45, 7) is 1.96. The van der Waals surface area contributed by atoms with Crippen LogP contribution in [0.1, 0.15) is 17.0 Å². The molecule has 0 saturated heterocycles. The molecule has 1 aromatic carbocycles. The highest BCUT2D eigenvalue weighted by atomic mass is 35.5. The van der Waals surface area contributed by atoms with Crippen LogP contribution in [0.15, 0.2) is 36.5 Å². The summed E-state index contributed by atoms with van der Waals surface area (Å²) in [5.74, 6) is 0.865. The first-order valence-electron chi connectivity index (χ1n) is 5.97. The molecule has 0 aliphatic rings. The average Bonchev–Trinajstić information content (AvgIpc) is 2.76. The highest BCUT2D eigenvalue weighted by molar-refractivity contribution is 6.30. The molecule has 0 aliphatic heterocycles. The van der Waals surface area contributed by atoms with Crippen LogP contribution in [0.5, 0.6) is 0 Å². The summed E-state index contributed by atoms with van der Waals surface area (Å²) < 4.78 is 1.93. The van der Waals surface area contributed by atoms with Crippen LogP contribution in [0.4, 0.5) is 5.69 Å². The van der Waals surface area contributed by atoms with Crippen molar-refractivity contribution in [3.05, 3.63) is 58.5 Å². The van der Waals surface area contributed by atoms with Gasteiger partial charge in [0.2, 0.25) is 0 Å². The van der Waals surface area contributed by atoms with Crippen molar-refractivity contribution in [1.82, 2.24) is 14.6 Å². The summed E-state index contributed by atoms with van der Waals surface area (Å²) in [6.07, 6.45) is 2.57. The minimum Gasteiger partial charge on any atom is -0.397 e. The maximum Gasteiger partial charge on any atom is 0.161 e. The predicted octanol–water partition coefficient (Wildman–Crippen LogP) is 2.86. The molecule has 3 rings (SSSR count). The van der Waals surface area contributed by atoms with Gasteiger partial charge in [-0.25, -0.2) is 0 Å². The number of hydrogen-bond donors (Lipinski definition) is 1. The van der Waals surface area contributed by atoms with Crippen LogP contribution < -0.4 is 5.73 Å². The number of benzene rings is 1. The number of aromatic nitrogens is 3. The van der Waals surface area contributed by atoms with Crippen molar-refractivity contribution in [1.29, 1.82) is 0 Å². The lowest BCUT2D eigenvalue weighted by Crippen LogP contribution is -1.99. The van der Waals surface area contributed by atoms with Gasteiger partial charge < -0.3 is 5.73 Å². The first-order valence-corrected chi connectivity index (χ1v) is 6.35. The lowest BCUT2D eigenvalue weighted by atomic mass is 10.1. The predicted molar refractivity (Wildman–Crippen MR) is 76.4 cm³/mol. The third kappa shape index (κ3) is 2.27. The Balaban J connectivity index is 2.01. The van der Waals surface area contributed by atoms with E-state index in [-0.39, 0.29) is 0 Å². The molecule has 96 valence electrons. The summed E-state index contributed by atoms with van der Waals surface area (Å²) in [6, 6.07) is 9.66. The third-order valence-corrected chi connectivity index (χ3v) is 3.39. The van der Waals surface area contributed by atoms with Crippen molar-refractivity contribution < 1.29 is 0 Å².